The highest BCUT2D eigenvalue weighted by Crippen LogP contribution is 2.26. The maximum Gasteiger partial charge on any atom is 0.230 e. The van der Waals surface area contributed by atoms with Gasteiger partial charge >= 0.3 is 0 Å². The molecule has 0 unspecified atom stereocenters. The van der Waals surface area contributed by atoms with Crippen molar-refractivity contribution in [3.63, 3.8) is 0 Å². The van der Waals surface area contributed by atoms with Gasteiger partial charge in [-0.15, -0.1) is 0 Å². The Morgan fingerprint density at radius 2 is 2.09 bits per heavy atom. The van der Waals surface area contributed by atoms with E-state index in [0.717, 1.165) is 19.3 Å². The Labute approximate surface area is 144 Å². The van der Waals surface area contributed by atoms with Crippen molar-refractivity contribution < 1.29 is 8.42 Å². The van der Waals surface area contributed by atoms with E-state index in [-0.39, 0.29) is 17.4 Å². The molecule has 0 bridgehead atoms. The third-order valence-corrected chi connectivity index (χ3v) is 5.09. The number of hydrogen-bond acceptors (Lipinski definition) is 7. The third-order valence-electron chi connectivity index (χ3n) is 3.42. The van der Waals surface area contributed by atoms with Crippen molar-refractivity contribution in [2.75, 3.05) is 11.2 Å². The topological polar surface area (TPSA) is 120 Å². The molecule has 11 heteroatoms. The Hall–Kier alpha value is -1.34. The van der Waals surface area contributed by atoms with Crippen molar-refractivity contribution in [3.8, 4) is 6.19 Å². The van der Waals surface area contributed by atoms with Crippen LogP contribution in [0.15, 0.2) is 6.20 Å². The summed E-state index contributed by atoms with van der Waals surface area (Å²) in [5.74, 6) is 0.0113. The summed E-state index contributed by atoms with van der Waals surface area (Å²) in [5, 5.41) is 14.2. The zero-order valence-corrected chi connectivity index (χ0v) is 14.4. The van der Waals surface area contributed by atoms with Crippen LogP contribution in [-0.4, -0.2) is 36.3 Å². The number of sulfonamides is 1. The van der Waals surface area contributed by atoms with E-state index in [0.29, 0.717) is 17.3 Å². The van der Waals surface area contributed by atoms with Crippen molar-refractivity contribution in [2.45, 2.75) is 37.8 Å². The van der Waals surface area contributed by atoms with Gasteiger partial charge in [-0.1, -0.05) is 11.6 Å². The SMILES string of the molecule is N#CNCS(=O)(=O)N[C@@H]1CCC[C@@H](Nc2nc(Cl)ncc2Cl)C1. The average molecular weight is 379 g/mol. The van der Waals surface area contributed by atoms with E-state index in [2.05, 4.69) is 25.3 Å². The summed E-state index contributed by atoms with van der Waals surface area (Å²) in [7, 11) is -3.54. The van der Waals surface area contributed by atoms with Crippen LogP contribution in [0.2, 0.25) is 10.3 Å². The molecule has 8 nitrogen and oxygen atoms in total. The van der Waals surface area contributed by atoms with Crippen LogP contribution in [0.4, 0.5) is 5.82 Å². The van der Waals surface area contributed by atoms with E-state index in [9.17, 15) is 8.42 Å². The second-order valence-electron chi connectivity index (χ2n) is 5.21. The molecule has 23 heavy (non-hydrogen) atoms. The number of anilines is 1. The Bertz CT molecular complexity index is 693. The minimum Gasteiger partial charge on any atom is -0.366 e. The summed E-state index contributed by atoms with van der Waals surface area (Å²) in [6.07, 6.45) is 6.05. The first-order valence-corrected chi connectivity index (χ1v) is 9.37. The van der Waals surface area contributed by atoms with Crippen LogP contribution >= 0.6 is 23.2 Å². The fourth-order valence-corrected chi connectivity index (χ4v) is 3.83. The van der Waals surface area contributed by atoms with Gasteiger partial charge in [-0.2, -0.15) is 10.2 Å². The quantitative estimate of drug-likeness (QED) is 0.389. The first-order chi connectivity index (χ1) is 10.9. The number of aromatic nitrogens is 2. The molecule has 0 aliphatic heterocycles. The molecular formula is C12H16Cl2N6O2S. The smallest absolute Gasteiger partial charge is 0.230 e. The van der Waals surface area contributed by atoms with Gasteiger partial charge < -0.3 is 10.6 Å². The van der Waals surface area contributed by atoms with Crippen LogP contribution < -0.4 is 15.4 Å². The molecule has 2 atom stereocenters. The molecule has 1 aliphatic carbocycles. The molecule has 1 saturated carbocycles. The van der Waals surface area contributed by atoms with Gasteiger partial charge in [0.2, 0.25) is 15.3 Å². The predicted molar refractivity (Wildman–Crippen MR) is 87.4 cm³/mol. The summed E-state index contributed by atoms with van der Waals surface area (Å²) >= 11 is 11.8. The molecule has 2 rings (SSSR count). The van der Waals surface area contributed by atoms with E-state index >= 15 is 0 Å². The van der Waals surface area contributed by atoms with E-state index in [1.54, 1.807) is 6.19 Å². The summed E-state index contributed by atoms with van der Waals surface area (Å²) in [6.45, 7) is 0. The highest BCUT2D eigenvalue weighted by molar-refractivity contribution is 7.89. The average Bonchev–Trinajstić information content (AvgIpc) is 2.49. The van der Waals surface area contributed by atoms with E-state index < -0.39 is 15.9 Å². The second kappa shape index (κ2) is 7.97. The van der Waals surface area contributed by atoms with Crippen LogP contribution in [0.3, 0.4) is 0 Å². The molecule has 3 N–H and O–H groups in total. The molecule has 1 aromatic heterocycles. The lowest BCUT2D eigenvalue weighted by Gasteiger charge is -2.30. The fourth-order valence-electron chi connectivity index (χ4n) is 2.49. The van der Waals surface area contributed by atoms with Crippen LogP contribution in [0, 0.1) is 11.5 Å². The van der Waals surface area contributed by atoms with Gasteiger partial charge in [0.15, 0.2) is 6.19 Å². The number of rotatable bonds is 6. The van der Waals surface area contributed by atoms with Gasteiger partial charge in [0.1, 0.15) is 16.7 Å². The van der Waals surface area contributed by atoms with Crippen LogP contribution in [0.25, 0.3) is 0 Å². The molecule has 0 saturated heterocycles. The van der Waals surface area contributed by atoms with Crippen LogP contribution in [0.5, 0.6) is 0 Å². The minimum absolute atomic E-state index is 0.0174. The highest BCUT2D eigenvalue weighted by Gasteiger charge is 2.26. The van der Waals surface area contributed by atoms with Crippen molar-refractivity contribution in [1.29, 1.82) is 5.26 Å². The Kier molecular flexibility index (Phi) is 6.24. The number of nitriles is 1. The van der Waals surface area contributed by atoms with Gasteiger partial charge in [0.05, 0.1) is 6.20 Å². The molecule has 1 heterocycles. The summed E-state index contributed by atoms with van der Waals surface area (Å²) in [6, 6.07) is -0.188. The molecule has 126 valence electrons. The van der Waals surface area contributed by atoms with Crippen molar-refractivity contribution in [1.82, 2.24) is 20.0 Å². The van der Waals surface area contributed by atoms with Gasteiger partial charge in [-0.05, 0) is 37.3 Å². The zero-order valence-electron chi connectivity index (χ0n) is 12.1. The molecule has 0 amide bonds. The monoisotopic (exact) mass is 378 g/mol. The minimum atomic E-state index is -3.54. The zero-order chi connectivity index (χ0) is 16.9. The number of nitrogens with one attached hydrogen (secondary N) is 3. The highest BCUT2D eigenvalue weighted by atomic mass is 35.5. The maximum atomic E-state index is 11.8. The normalized spacial score (nSPS) is 21.4. The molecule has 1 fully saturated rings. The van der Waals surface area contributed by atoms with Crippen LogP contribution in [0.1, 0.15) is 25.7 Å². The lowest BCUT2D eigenvalue weighted by atomic mass is 9.91. The number of nitrogens with zero attached hydrogens (tertiary/aromatic N) is 3. The number of halogens is 2. The van der Waals surface area contributed by atoms with Gasteiger partial charge in [-0.25, -0.2) is 18.1 Å². The third kappa shape index (κ3) is 5.66. The molecule has 1 aliphatic rings. The molecular weight excluding hydrogens is 363 g/mol. The first-order valence-electron chi connectivity index (χ1n) is 6.96. The van der Waals surface area contributed by atoms with Crippen LogP contribution in [-0.2, 0) is 10.0 Å². The second-order valence-corrected chi connectivity index (χ2v) is 7.71. The molecule has 1 aromatic rings. The molecule has 0 radical (unpaired) electrons. The van der Waals surface area contributed by atoms with E-state index in [4.69, 9.17) is 28.5 Å². The fraction of sp³-hybridized carbons (Fsp3) is 0.583. The standard InChI is InChI=1S/C12H16Cl2N6O2S/c13-10-5-17-12(14)19-11(10)18-8-2-1-3-9(4-8)20-23(21,22)7-16-6-15/h5,8-9,16,20H,1-4,7H2,(H,17,18,19)/t8-,9-/m1/s1. The van der Waals surface area contributed by atoms with E-state index in [1.165, 1.54) is 6.20 Å². The predicted octanol–water partition coefficient (Wildman–Crippen LogP) is 1.45. The maximum absolute atomic E-state index is 11.8. The van der Waals surface area contributed by atoms with Gasteiger partial charge in [0.25, 0.3) is 0 Å². The van der Waals surface area contributed by atoms with Gasteiger partial charge in [-0.3, -0.25) is 0 Å². The largest absolute Gasteiger partial charge is 0.366 e. The van der Waals surface area contributed by atoms with E-state index in [1.807, 2.05) is 0 Å². The Morgan fingerprint density at radius 1 is 1.35 bits per heavy atom. The summed E-state index contributed by atoms with van der Waals surface area (Å²) in [5.41, 5.74) is 0. The lowest BCUT2D eigenvalue weighted by molar-refractivity contribution is 0.385. The lowest BCUT2D eigenvalue weighted by Crippen LogP contribution is -2.44. The Balaban J connectivity index is 1.96. The van der Waals surface area contributed by atoms with Crippen molar-refractivity contribution in [2.24, 2.45) is 0 Å². The first kappa shape index (κ1) is 18.0. The van der Waals surface area contributed by atoms with Crippen molar-refractivity contribution in [3.05, 3.63) is 16.5 Å². The summed E-state index contributed by atoms with van der Waals surface area (Å²) < 4.78 is 26.2. The molecule has 0 aromatic carbocycles. The number of hydrogen-bond donors (Lipinski definition) is 3. The summed E-state index contributed by atoms with van der Waals surface area (Å²) in [4.78, 5) is 7.82. The molecule has 0 spiro atoms. The van der Waals surface area contributed by atoms with Crippen molar-refractivity contribution >= 4 is 39.0 Å². The van der Waals surface area contributed by atoms with Gasteiger partial charge in [0, 0.05) is 12.1 Å². The Morgan fingerprint density at radius 3 is 2.83 bits per heavy atom.